The molecule has 1 fully saturated rings. The number of aryl methyl sites for hydroxylation is 2. The van der Waals surface area contributed by atoms with E-state index in [-0.39, 0.29) is 6.10 Å². The average Bonchev–Trinajstić information content (AvgIpc) is 2.96. The van der Waals surface area contributed by atoms with Gasteiger partial charge in [-0.2, -0.15) is 0 Å². The highest BCUT2D eigenvalue weighted by Gasteiger charge is 2.28. The first-order valence-corrected chi connectivity index (χ1v) is 6.72. The van der Waals surface area contributed by atoms with E-state index in [2.05, 4.69) is 11.1 Å². The van der Waals surface area contributed by atoms with E-state index in [9.17, 15) is 0 Å². The van der Waals surface area contributed by atoms with E-state index < -0.39 is 0 Å². The molecule has 1 heterocycles. The van der Waals surface area contributed by atoms with E-state index in [1.54, 1.807) is 0 Å². The van der Waals surface area contributed by atoms with E-state index in [1.807, 2.05) is 6.07 Å². The van der Waals surface area contributed by atoms with Crippen molar-refractivity contribution in [3.63, 3.8) is 0 Å². The van der Waals surface area contributed by atoms with Gasteiger partial charge in [0.1, 0.15) is 6.10 Å². The van der Waals surface area contributed by atoms with Gasteiger partial charge in [-0.3, -0.25) is 0 Å². The Bertz CT molecular complexity index is 405. The monoisotopic (exact) mass is 232 g/mol. The lowest BCUT2D eigenvalue weighted by Gasteiger charge is -2.19. The van der Waals surface area contributed by atoms with Crippen LogP contribution in [-0.2, 0) is 12.8 Å². The van der Waals surface area contributed by atoms with Crippen LogP contribution in [0.4, 0.5) is 0 Å². The first-order valence-electron chi connectivity index (χ1n) is 6.72. The van der Waals surface area contributed by atoms with E-state index in [0.29, 0.717) is 5.92 Å². The number of pyridine rings is 1. The molecule has 3 heteroatoms. The molecular formula is C14H20N2O. The SMILES string of the molecule is NCC1CCCC1Oc1ccc2c(n1)CCC2. The van der Waals surface area contributed by atoms with Crippen LogP contribution < -0.4 is 10.5 Å². The average molecular weight is 232 g/mol. The van der Waals surface area contributed by atoms with Gasteiger partial charge in [-0.05, 0) is 50.6 Å². The standard InChI is InChI=1S/C14H20N2O/c15-9-11-4-2-6-13(11)17-14-8-7-10-3-1-5-12(10)16-14/h7-8,11,13H,1-6,9,15H2. The van der Waals surface area contributed by atoms with Gasteiger partial charge in [0.2, 0.25) is 5.88 Å². The predicted molar refractivity (Wildman–Crippen MR) is 67.1 cm³/mol. The highest BCUT2D eigenvalue weighted by Crippen LogP contribution is 2.29. The van der Waals surface area contributed by atoms with Gasteiger partial charge in [0, 0.05) is 17.7 Å². The van der Waals surface area contributed by atoms with Gasteiger partial charge < -0.3 is 10.5 Å². The molecule has 0 aromatic carbocycles. The van der Waals surface area contributed by atoms with Gasteiger partial charge >= 0.3 is 0 Å². The summed E-state index contributed by atoms with van der Waals surface area (Å²) in [5.41, 5.74) is 8.41. The zero-order chi connectivity index (χ0) is 11.7. The molecule has 0 radical (unpaired) electrons. The van der Waals surface area contributed by atoms with Gasteiger partial charge in [0.25, 0.3) is 0 Å². The second kappa shape index (κ2) is 4.65. The maximum Gasteiger partial charge on any atom is 0.213 e. The highest BCUT2D eigenvalue weighted by atomic mass is 16.5. The molecule has 1 aromatic heterocycles. The predicted octanol–water partition coefficient (Wildman–Crippen LogP) is 2.08. The number of nitrogens with zero attached hydrogens (tertiary/aromatic N) is 1. The van der Waals surface area contributed by atoms with E-state index >= 15 is 0 Å². The number of hydrogen-bond donors (Lipinski definition) is 1. The summed E-state index contributed by atoms with van der Waals surface area (Å²) in [5.74, 6) is 1.32. The topological polar surface area (TPSA) is 48.1 Å². The Kier molecular flexibility index (Phi) is 3.02. The second-order valence-electron chi connectivity index (χ2n) is 5.19. The van der Waals surface area contributed by atoms with Crippen molar-refractivity contribution in [2.45, 2.75) is 44.6 Å². The van der Waals surface area contributed by atoms with Crippen molar-refractivity contribution in [1.82, 2.24) is 4.98 Å². The fourth-order valence-corrected chi connectivity index (χ4v) is 3.05. The van der Waals surface area contributed by atoms with Crippen molar-refractivity contribution in [2.24, 2.45) is 11.7 Å². The summed E-state index contributed by atoms with van der Waals surface area (Å²) in [4.78, 5) is 4.62. The smallest absolute Gasteiger partial charge is 0.213 e. The zero-order valence-electron chi connectivity index (χ0n) is 10.2. The fourth-order valence-electron chi connectivity index (χ4n) is 3.05. The van der Waals surface area contributed by atoms with Gasteiger partial charge in [-0.15, -0.1) is 0 Å². The molecule has 1 saturated carbocycles. The Balaban J connectivity index is 1.72. The molecule has 3 nitrogen and oxygen atoms in total. The summed E-state index contributed by atoms with van der Waals surface area (Å²) in [6.07, 6.45) is 7.37. The zero-order valence-corrected chi connectivity index (χ0v) is 10.2. The minimum atomic E-state index is 0.284. The Hall–Kier alpha value is -1.09. The number of nitrogens with two attached hydrogens (primary N) is 1. The van der Waals surface area contributed by atoms with E-state index in [0.717, 1.165) is 25.3 Å². The summed E-state index contributed by atoms with van der Waals surface area (Å²) < 4.78 is 6.01. The van der Waals surface area contributed by atoms with Crippen molar-refractivity contribution in [3.05, 3.63) is 23.4 Å². The molecule has 0 saturated heterocycles. The van der Waals surface area contributed by atoms with Gasteiger partial charge in [-0.1, -0.05) is 6.07 Å². The fraction of sp³-hybridized carbons (Fsp3) is 0.643. The van der Waals surface area contributed by atoms with E-state index in [4.69, 9.17) is 10.5 Å². The van der Waals surface area contributed by atoms with Crippen LogP contribution in [0, 0.1) is 5.92 Å². The lowest BCUT2D eigenvalue weighted by atomic mass is 10.1. The minimum Gasteiger partial charge on any atom is -0.474 e. The molecule has 0 amide bonds. The lowest BCUT2D eigenvalue weighted by Crippen LogP contribution is -2.28. The summed E-state index contributed by atoms with van der Waals surface area (Å²) in [7, 11) is 0. The Morgan fingerprint density at radius 2 is 2.18 bits per heavy atom. The number of ether oxygens (including phenoxy) is 1. The summed E-state index contributed by atoms with van der Waals surface area (Å²) in [6.45, 7) is 0.732. The summed E-state index contributed by atoms with van der Waals surface area (Å²) in [6, 6.07) is 4.20. The van der Waals surface area contributed by atoms with Gasteiger partial charge in [0.15, 0.2) is 0 Å². The third-order valence-corrected chi connectivity index (χ3v) is 4.07. The molecule has 92 valence electrons. The largest absolute Gasteiger partial charge is 0.474 e. The molecule has 0 bridgehead atoms. The molecule has 3 rings (SSSR count). The molecule has 2 N–H and O–H groups in total. The summed E-state index contributed by atoms with van der Waals surface area (Å²) >= 11 is 0. The molecular weight excluding hydrogens is 212 g/mol. The van der Waals surface area contributed by atoms with Crippen molar-refractivity contribution >= 4 is 0 Å². The Morgan fingerprint density at radius 3 is 3.06 bits per heavy atom. The lowest BCUT2D eigenvalue weighted by molar-refractivity contribution is 0.155. The summed E-state index contributed by atoms with van der Waals surface area (Å²) in [5, 5.41) is 0. The number of aromatic nitrogens is 1. The second-order valence-corrected chi connectivity index (χ2v) is 5.19. The van der Waals surface area contributed by atoms with Crippen LogP contribution in [0.15, 0.2) is 12.1 Å². The van der Waals surface area contributed by atoms with Crippen molar-refractivity contribution in [2.75, 3.05) is 6.54 Å². The molecule has 1 aromatic rings. The van der Waals surface area contributed by atoms with Gasteiger partial charge in [-0.25, -0.2) is 4.98 Å². The molecule has 0 aliphatic heterocycles. The highest BCUT2D eigenvalue weighted by molar-refractivity contribution is 5.29. The van der Waals surface area contributed by atoms with E-state index in [1.165, 1.54) is 36.9 Å². The third-order valence-electron chi connectivity index (χ3n) is 4.07. The van der Waals surface area contributed by atoms with Crippen LogP contribution in [0.25, 0.3) is 0 Å². The molecule has 2 aliphatic carbocycles. The number of hydrogen-bond acceptors (Lipinski definition) is 3. The molecule has 2 unspecified atom stereocenters. The Morgan fingerprint density at radius 1 is 1.24 bits per heavy atom. The maximum atomic E-state index is 6.01. The van der Waals surface area contributed by atoms with Crippen LogP contribution in [0.3, 0.4) is 0 Å². The quantitative estimate of drug-likeness (QED) is 0.868. The molecule has 2 aliphatic rings. The number of rotatable bonds is 3. The van der Waals surface area contributed by atoms with Gasteiger partial charge in [0.05, 0.1) is 0 Å². The molecule has 17 heavy (non-hydrogen) atoms. The van der Waals surface area contributed by atoms with Crippen LogP contribution in [0.5, 0.6) is 5.88 Å². The Labute approximate surface area is 102 Å². The van der Waals surface area contributed by atoms with Crippen molar-refractivity contribution < 1.29 is 4.74 Å². The van der Waals surface area contributed by atoms with Crippen LogP contribution in [-0.4, -0.2) is 17.6 Å². The third kappa shape index (κ3) is 2.16. The maximum absolute atomic E-state index is 6.01. The molecule has 0 spiro atoms. The van der Waals surface area contributed by atoms with Crippen LogP contribution in [0.1, 0.15) is 36.9 Å². The van der Waals surface area contributed by atoms with Crippen molar-refractivity contribution in [3.8, 4) is 5.88 Å². The minimum absolute atomic E-state index is 0.284. The molecule has 2 atom stereocenters. The van der Waals surface area contributed by atoms with Crippen molar-refractivity contribution in [1.29, 1.82) is 0 Å². The normalized spacial score (nSPS) is 27.1. The first-order chi connectivity index (χ1) is 8.36. The number of fused-ring (bicyclic) bond motifs is 1. The first kappa shape index (κ1) is 11.0. The van der Waals surface area contributed by atoms with Crippen LogP contribution >= 0.6 is 0 Å². The van der Waals surface area contributed by atoms with Crippen LogP contribution in [0.2, 0.25) is 0 Å².